The molecule has 0 aliphatic carbocycles. The standard InChI is InChI=1S/C22H19BrN6O2/c1-13-5-3-4-6-16(13)27-20-17(9-15(10-26-20)21(30)24-2)28-22(31)14-7-8-19-25-11-18(23)29(19)12-14/h3-12H,1-2H3,(H,24,30)(H,26,27)(H,28,31). The number of amides is 2. The lowest BCUT2D eigenvalue weighted by atomic mass is 10.2. The summed E-state index contributed by atoms with van der Waals surface area (Å²) in [6.45, 7) is 1.97. The summed E-state index contributed by atoms with van der Waals surface area (Å²) in [5, 5.41) is 8.67. The number of hydrogen-bond donors (Lipinski definition) is 3. The van der Waals surface area contributed by atoms with Crippen molar-refractivity contribution < 1.29 is 9.59 Å². The first kappa shape index (κ1) is 20.5. The molecule has 0 unspecified atom stereocenters. The zero-order chi connectivity index (χ0) is 22.0. The third-order valence-electron chi connectivity index (χ3n) is 4.75. The summed E-state index contributed by atoms with van der Waals surface area (Å²) in [6.07, 6.45) is 4.81. The smallest absolute Gasteiger partial charge is 0.257 e. The molecule has 156 valence electrons. The Morgan fingerprint density at radius 1 is 0.968 bits per heavy atom. The molecule has 4 rings (SSSR count). The van der Waals surface area contributed by atoms with Gasteiger partial charge in [0, 0.05) is 25.1 Å². The highest BCUT2D eigenvalue weighted by Crippen LogP contribution is 2.27. The first-order chi connectivity index (χ1) is 15.0. The summed E-state index contributed by atoms with van der Waals surface area (Å²) in [4.78, 5) is 33.7. The lowest BCUT2D eigenvalue weighted by Crippen LogP contribution is -2.20. The van der Waals surface area contributed by atoms with Crippen molar-refractivity contribution in [2.24, 2.45) is 0 Å². The zero-order valence-electron chi connectivity index (χ0n) is 16.8. The molecule has 0 radical (unpaired) electrons. The molecule has 9 heteroatoms. The van der Waals surface area contributed by atoms with Gasteiger partial charge in [-0.05, 0) is 52.7 Å². The molecular weight excluding hydrogens is 460 g/mol. The SMILES string of the molecule is CNC(=O)c1cnc(Nc2ccccc2C)c(NC(=O)c2ccc3ncc(Br)n3c2)c1. The summed E-state index contributed by atoms with van der Waals surface area (Å²) in [7, 11) is 1.54. The van der Waals surface area contributed by atoms with Gasteiger partial charge in [-0.2, -0.15) is 0 Å². The Morgan fingerprint density at radius 3 is 2.55 bits per heavy atom. The lowest BCUT2D eigenvalue weighted by molar-refractivity contribution is 0.0961. The van der Waals surface area contributed by atoms with E-state index in [4.69, 9.17) is 0 Å². The molecule has 4 aromatic rings. The number of fused-ring (bicyclic) bond motifs is 1. The van der Waals surface area contributed by atoms with Crippen LogP contribution < -0.4 is 16.0 Å². The Hall–Kier alpha value is -3.72. The highest BCUT2D eigenvalue weighted by Gasteiger charge is 2.15. The van der Waals surface area contributed by atoms with Crippen LogP contribution in [0.1, 0.15) is 26.3 Å². The second kappa shape index (κ2) is 8.57. The number of nitrogens with one attached hydrogen (secondary N) is 3. The predicted octanol–water partition coefficient (Wildman–Crippen LogP) is 4.16. The summed E-state index contributed by atoms with van der Waals surface area (Å²) in [6, 6.07) is 12.8. The van der Waals surface area contributed by atoms with Gasteiger partial charge in [0.2, 0.25) is 0 Å². The molecule has 0 aliphatic heterocycles. The van der Waals surface area contributed by atoms with Crippen molar-refractivity contribution in [3.8, 4) is 0 Å². The summed E-state index contributed by atoms with van der Waals surface area (Å²) < 4.78 is 2.50. The maximum Gasteiger partial charge on any atom is 0.257 e. The highest BCUT2D eigenvalue weighted by molar-refractivity contribution is 9.10. The summed E-state index contributed by atoms with van der Waals surface area (Å²) >= 11 is 3.41. The third kappa shape index (κ3) is 4.26. The number of hydrogen-bond acceptors (Lipinski definition) is 5. The van der Waals surface area contributed by atoms with Gasteiger partial charge in [0.25, 0.3) is 11.8 Å². The van der Waals surface area contributed by atoms with E-state index in [1.807, 2.05) is 31.2 Å². The summed E-state index contributed by atoms with van der Waals surface area (Å²) in [5.41, 5.74) is 3.74. The Morgan fingerprint density at radius 2 is 1.77 bits per heavy atom. The van der Waals surface area contributed by atoms with Gasteiger partial charge in [-0.15, -0.1) is 0 Å². The summed E-state index contributed by atoms with van der Waals surface area (Å²) in [5.74, 6) is -0.208. The van der Waals surface area contributed by atoms with E-state index in [1.54, 1.807) is 35.0 Å². The average molecular weight is 479 g/mol. The monoisotopic (exact) mass is 478 g/mol. The van der Waals surface area contributed by atoms with Crippen molar-refractivity contribution in [2.45, 2.75) is 6.92 Å². The van der Waals surface area contributed by atoms with Crippen molar-refractivity contribution in [1.29, 1.82) is 0 Å². The number of para-hydroxylation sites is 1. The highest BCUT2D eigenvalue weighted by atomic mass is 79.9. The maximum absolute atomic E-state index is 13.0. The van der Waals surface area contributed by atoms with Gasteiger partial charge in [0.05, 0.1) is 23.0 Å². The van der Waals surface area contributed by atoms with Gasteiger partial charge in [0.15, 0.2) is 5.82 Å². The van der Waals surface area contributed by atoms with E-state index in [0.29, 0.717) is 28.3 Å². The van der Waals surface area contributed by atoms with Gasteiger partial charge in [-0.3, -0.25) is 14.0 Å². The van der Waals surface area contributed by atoms with Gasteiger partial charge >= 0.3 is 0 Å². The van der Waals surface area contributed by atoms with Crippen LogP contribution in [0.4, 0.5) is 17.2 Å². The molecular formula is C22H19BrN6O2. The minimum Gasteiger partial charge on any atom is -0.355 e. The van der Waals surface area contributed by atoms with E-state index in [-0.39, 0.29) is 11.8 Å². The fourth-order valence-electron chi connectivity index (χ4n) is 3.05. The van der Waals surface area contributed by atoms with Crippen molar-refractivity contribution >= 4 is 50.6 Å². The van der Waals surface area contributed by atoms with Gasteiger partial charge in [-0.25, -0.2) is 9.97 Å². The molecule has 2 amide bonds. The Kier molecular flexibility index (Phi) is 5.68. The average Bonchev–Trinajstić information content (AvgIpc) is 3.16. The number of aryl methyl sites for hydroxylation is 1. The first-order valence-electron chi connectivity index (χ1n) is 9.45. The van der Waals surface area contributed by atoms with E-state index in [0.717, 1.165) is 15.9 Å². The van der Waals surface area contributed by atoms with Crippen LogP contribution in [0.15, 0.2) is 65.7 Å². The number of carbonyl (C=O) groups is 2. The first-order valence-corrected chi connectivity index (χ1v) is 10.2. The lowest BCUT2D eigenvalue weighted by Gasteiger charge is -2.15. The number of anilines is 3. The van der Waals surface area contributed by atoms with Crippen molar-refractivity contribution in [1.82, 2.24) is 19.7 Å². The van der Waals surface area contributed by atoms with Gasteiger partial charge in [-0.1, -0.05) is 18.2 Å². The van der Waals surface area contributed by atoms with Gasteiger partial charge in [0.1, 0.15) is 10.3 Å². The number of aromatic nitrogens is 3. The quantitative estimate of drug-likeness (QED) is 0.399. The third-order valence-corrected chi connectivity index (χ3v) is 5.33. The van der Waals surface area contributed by atoms with E-state index in [9.17, 15) is 9.59 Å². The van der Waals surface area contributed by atoms with Crippen LogP contribution in [0.5, 0.6) is 0 Å². The Balaban J connectivity index is 1.69. The molecule has 8 nitrogen and oxygen atoms in total. The minimum atomic E-state index is -0.341. The van der Waals surface area contributed by atoms with Crippen LogP contribution in [-0.4, -0.2) is 33.2 Å². The van der Waals surface area contributed by atoms with Crippen molar-refractivity contribution in [3.05, 3.63) is 82.3 Å². The van der Waals surface area contributed by atoms with Crippen molar-refractivity contribution in [3.63, 3.8) is 0 Å². The fraction of sp³-hybridized carbons (Fsp3) is 0.0909. The van der Waals surface area contributed by atoms with E-state index >= 15 is 0 Å². The normalized spacial score (nSPS) is 10.7. The molecule has 0 fully saturated rings. The number of pyridine rings is 2. The predicted molar refractivity (Wildman–Crippen MR) is 123 cm³/mol. The number of benzene rings is 1. The van der Waals surface area contributed by atoms with Crippen LogP contribution in [0.25, 0.3) is 5.65 Å². The topological polar surface area (TPSA) is 100 Å². The minimum absolute atomic E-state index is 0.297. The maximum atomic E-state index is 13.0. The molecule has 3 heterocycles. The van der Waals surface area contributed by atoms with E-state index in [1.165, 1.54) is 13.2 Å². The largest absolute Gasteiger partial charge is 0.355 e. The second-order valence-electron chi connectivity index (χ2n) is 6.82. The van der Waals surface area contributed by atoms with Crippen LogP contribution in [0, 0.1) is 6.92 Å². The van der Waals surface area contributed by atoms with Crippen LogP contribution in [-0.2, 0) is 0 Å². The van der Waals surface area contributed by atoms with Gasteiger partial charge < -0.3 is 16.0 Å². The van der Waals surface area contributed by atoms with Crippen LogP contribution in [0.3, 0.4) is 0 Å². The molecule has 0 atom stereocenters. The molecule has 0 aliphatic rings. The number of halogens is 1. The molecule has 1 aromatic carbocycles. The molecule has 0 bridgehead atoms. The van der Waals surface area contributed by atoms with Crippen LogP contribution >= 0.6 is 15.9 Å². The molecule has 0 spiro atoms. The molecule has 3 aromatic heterocycles. The van der Waals surface area contributed by atoms with E-state index in [2.05, 4.69) is 41.8 Å². The number of carbonyl (C=O) groups excluding carboxylic acids is 2. The Labute approximate surface area is 186 Å². The second-order valence-corrected chi connectivity index (χ2v) is 7.63. The van der Waals surface area contributed by atoms with Crippen molar-refractivity contribution in [2.75, 3.05) is 17.7 Å². The van der Waals surface area contributed by atoms with E-state index < -0.39 is 0 Å². The Bertz CT molecular complexity index is 1300. The molecule has 0 saturated carbocycles. The zero-order valence-corrected chi connectivity index (χ0v) is 18.4. The fourth-order valence-corrected chi connectivity index (χ4v) is 3.43. The number of nitrogens with zero attached hydrogens (tertiary/aromatic N) is 3. The van der Waals surface area contributed by atoms with Crippen LogP contribution in [0.2, 0.25) is 0 Å². The molecule has 0 saturated heterocycles. The number of imidazole rings is 1. The number of rotatable bonds is 5. The molecule has 3 N–H and O–H groups in total. The molecule has 31 heavy (non-hydrogen) atoms.